The Morgan fingerprint density at radius 1 is 1.24 bits per heavy atom. The van der Waals surface area contributed by atoms with Crippen LogP contribution in [0, 0.1) is 0 Å². The van der Waals surface area contributed by atoms with Crippen LogP contribution in [0.2, 0.25) is 0 Å². The van der Waals surface area contributed by atoms with Crippen molar-refractivity contribution in [1.82, 2.24) is 0 Å². The molecule has 0 bridgehead atoms. The van der Waals surface area contributed by atoms with Crippen LogP contribution in [-0.2, 0) is 0 Å². The zero-order valence-electron chi connectivity index (χ0n) is 9.94. The van der Waals surface area contributed by atoms with Crippen LogP contribution in [0.3, 0.4) is 0 Å². The Kier molecular flexibility index (Phi) is 6.85. The molecule has 0 aliphatic rings. The highest BCUT2D eigenvalue weighted by molar-refractivity contribution is 9.10. The van der Waals surface area contributed by atoms with Crippen molar-refractivity contribution in [3.8, 4) is 11.5 Å². The molecule has 0 aliphatic carbocycles. The number of methoxy groups -OCH3 is 2. The van der Waals surface area contributed by atoms with E-state index in [4.69, 9.17) is 15.2 Å². The van der Waals surface area contributed by atoms with E-state index in [1.165, 1.54) is 0 Å². The summed E-state index contributed by atoms with van der Waals surface area (Å²) in [7, 11) is 3.11. The van der Waals surface area contributed by atoms with Crippen molar-refractivity contribution in [2.75, 3.05) is 14.2 Å². The molecule has 0 amide bonds. The van der Waals surface area contributed by atoms with Gasteiger partial charge in [0.1, 0.15) is 11.5 Å². The number of nitrogens with two attached hydrogens (primary N) is 1. The molecule has 4 nitrogen and oxygen atoms in total. The Labute approximate surface area is 116 Å². The SMILES string of the molecule is COc1cc([C@H](O)[C@@H](C)N)c(OC)cc1Br.Cl. The third kappa shape index (κ3) is 3.74. The Balaban J connectivity index is 0.00000256. The molecule has 98 valence electrons. The number of halogens is 2. The molecular formula is C11H17BrClNO3. The lowest BCUT2D eigenvalue weighted by atomic mass is 10.0. The van der Waals surface area contributed by atoms with Crippen molar-refractivity contribution in [3.63, 3.8) is 0 Å². The molecule has 0 unspecified atom stereocenters. The highest BCUT2D eigenvalue weighted by Crippen LogP contribution is 2.36. The smallest absolute Gasteiger partial charge is 0.133 e. The molecule has 0 radical (unpaired) electrons. The Bertz CT molecular complexity index is 374. The van der Waals surface area contributed by atoms with Crippen LogP contribution >= 0.6 is 28.3 Å². The fourth-order valence-corrected chi connectivity index (χ4v) is 1.88. The fraction of sp³-hybridized carbons (Fsp3) is 0.455. The molecule has 1 rings (SSSR count). The van der Waals surface area contributed by atoms with Crippen LogP contribution in [0.15, 0.2) is 16.6 Å². The average molecular weight is 327 g/mol. The van der Waals surface area contributed by atoms with Gasteiger partial charge in [0.25, 0.3) is 0 Å². The summed E-state index contributed by atoms with van der Waals surface area (Å²) in [5, 5.41) is 9.94. The molecule has 1 aromatic carbocycles. The van der Waals surface area contributed by atoms with E-state index in [0.717, 1.165) is 4.47 Å². The topological polar surface area (TPSA) is 64.7 Å². The highest BCUT2D eigenvalue weighted by atomic mass is 79.9. The zero-order chi connectivity index (χ0) is 12.3. The normalized spacial score (nSPS) is 13.5. The average Bonchev–Trinajstić information content (AvgIpc) is 2.27. The van der Waals surface area contributed by atoms with Crippen molar-refractivity contribution < 1.29 is 14.6 Å². The largest absolute Gasteiger partial charge is 0.496 e. The van der Waals surface area contributed by atoms with Gasteiger partial charge in [0, 0.05) is 11.6 Å². The Morgan fingerprint density at radius 2 is 1.76 bits per heavy atom. The molecular weight excluding hydrogens is 309 g/mol. The first kappa shape index (κ1) is 16.5. The van der Waals surface area contributed by atoms with E-state index in [9.17, 15) is 5.11 Å². The number of aliphatic hydroxyl groups excluding tert-OH is 1. The number of rotatable bonds is 4. The summed E-state index contributed by atoms with van der Waals surface area (Å²) in [6, 6.07) is 3.09. The molecule has 0 aromatic heterocycles. The second kappa shape index (κ2) is 7.06. The quantitative estimate of drug-likeness (QED) is 0.891. The van der Waals surface area contributed by atoms with Crippen LogP contribution in [0.5, 0.6) is 11.5 Å². The summed E-state index contributed by atoms with van der Waals surface area (Å²) in [5.41, 5.74) is 6.29. The fourth-order valence-electron chi connectivity index (χ4n) is 1.40. The summed E-state index contributed by atoms with van der Waals surface area (Å²) in [6.07, 6.45) is -0.781. The summed E-state index contributed by atoms with van der Waals surface area (Å²) in [5.74, 6) is 1.22. The van der Waals surface area contributed by atoms with Gasteiger partial charge < -0.3 is 20.3 Å². The second-order valence-electron chi connectivity index (χ2n) is 3.53. The first-order chi connectivity index (χ1) is 7.51. The number of aliphatic hydroxyl groups is 1. The van der Waals surface area contributed by atoms with E-state index in [1.54, 1.807) is 33.3 Å². The van der Waals surface area contributed by atoms with Crippen molar-refractivity contribution in [2.24, 2.45) is 5.73 Å². The minimum absolute atomic E-state index is 0. The van der Waals surface area contributed by atoms with Gasteiger partial charge in [-0.25, -0.2) is 0 Å². The molecule has 6 heteroatoms. The molecule has 3 N–H and O–H groups in total. The van der Waals surface area contributed by atoms with Crippen molar-refractivity contribution in [3.05, 3.63) is 22.2 Å². The summed E-state index contributed by atoms with van der Waals surface area (Å²) in [4.78, 5) is 0. The maximum atomic E-state index is 9.94. The minimum atomic E-state index is -0.781. The number of hydrogen-bond donors (Lipinski definition) is 2. The van der Waals surface area contributed by atoms with Crippen LogP contribution < -0.4 is 15.2 Å². The summed E-state index contributed by atoms with van der Waals surface area (Å²) < 4.78 is 11.1. The number of ether oxygens (including phenoxy) is 2. The van der Waals surface area contributed by atoms with Crippen molar-refractivity contribution in [1.29, 1.82) is 0 Å². The van der Waals surface area contributed by atoms with Gasteiger partial charge in [-0.3, -0.25) is 0 Å². The van der Waals surface area contributed by atoms with Crippen LogP contribution in [0.4, 0.5) is 0 Å². The van der Waals surface area contributed by atoms with Gasteiger partial charge >= 0.3 is 0 Å². The lowest BCUT2D eigenvalue weighted by molar-refractivity contribution is 0.149. The molecule has 1 aromatic rings. The second-order valence-corrected chi connectivity index (χ2v) is 4.39. The van der Waals surface area contributed by atoms with E-state index in [2.05, 4.69) is 15.9 Å². The van der Waals surface area contributed by atoms with Gasteiger partial charge in [-0.2, -0.15) is 0 Å². The van der Waals surface area contributed by atoms with Gasteiger partial charge in [-0.1, -0.05) is 0 Å². The van der Waals surface area contributed by atoms with E-state index in [1.807, 2.05) is 0 Å². The van der Waals surface area contributed by atoms with Crippen LogP contribution in [0.1, 0.15) is 18.6 Å². The van der Waals surface area contributed by atoms with Gasteiger partial charge in [-0.05, 0) is 35.0 Å². The van der Waals surface area contributed by atoms with Crippen molar-refractivity contribution in [2.45, 2.75) is 19.1 Å². The molecule has 0 saturated carbocycles. The maximum Gasteiger partial charge on any atom is 0.133 e. The lowest BCUT2D eigenvalue weighted by Gasteiger charge is -2.19. The Morgan fingerprint density at radius 3 is 2.18 bits per heavy atom. The lowest BCUT2D eigenvalue weighted by Crippen LogP contribution is -2.24. The van der Waals surface area contributed by atoms with Gasteiger partial charge in [0.2, 0.25) is 0 Å². The Hall–Kier alpha value is -0.490. The third-order valence-corrected chi connectivity index (χ3v) is 2.94. The molecule has 17 heavy (non-hydrogen) atoms. The molecule has 0 aliphatic heterocycles. The van der Waals surface area contributed by atoms with E-state index < -0.39 is 6.10 Å². The van der Waals surface area contributed by atoms with Gasteiger partial charge in [-0.15, -0.1) is 12.4 Å². The molecule has 0 saturated heterocycles. The first-order valence-corrected chi connectivity index (χ1v) is 5.65. The third-order valence-electron chi connectivity index (χ3n) is 2.32. The summed E-state index contributed by atoms with van der Waals surface area (Å²) >= 11 is 3.35. The number of benzene rings is 1. The molecule has 2 atom stereocenters. The molecule has 0 heterocycles. The van der Waals surface area contributed by atoms with Crippen LogP contribution in [0.25, 0.3) is 0 Å². The molecule has 0 spiro atoms. The highest BCUT2D eigenvalue weighted by Gasteiger charge is 2.19. The minimum Gasteiger partial charge on any atom is -0.496 e. The van der Waals surface area contributed by atoms with E-state index in [-0.39, 0.29) is 18.4 Å². The van der Waals surface area contributed by atoms with Crippen molar-refractivity contribution >= 4 is 28.3 Å². The van der Waals surface area contributed by atoms with Gasteiger partial charge in [0.15, 0.2) is 0 Å². The zero-order valence-corrected chi connectivity index (χ0v) is 12.3. The first-order valence-electron chi connectivity index (χ1n) is 4.86. The maximum absolute atomic E-state index is 9.94. The summed E-state index contributed by atoms with van der Waals surface area (Å²) in [6.45, 7) is 1.73. The number of hydrogen-bond acceptors (Lipinski definition) is 4. The monoisotopic (exact) mass is 325 g/mol. The predicted molar refractivity (Wildman–Crippen MR) is 73.1 cm³/mol. The molecule has 0 fully saturated rings. The predicted octanol–water partition coefficient (Wildman–Crippen LogP) is 2.27. The van der Waals surface area contributed by atoms with Gasteiger partial charge in [0.05, 0.1) is 24.8 Å². The van der Waals surface area contributed by atoms with Crippen LogP contribution in [-0.4, -0.2) is 25.4 Å². The standard InChI is InChI=1S/C11H16BrNO3.ClH/c1-6(13)11(14)7-4-10(16-3)8(12)5-9(7)15-2;/h4-6,11,14H,13H2,1-3H3;1H/t6-,11-;/m1./s1. The van der Waals surface area contributed by atoms with E-state index >= 15 is 0 Å². The van der Waals surface area contributed by atoms with E-state index in [0.29, 0.717) is 17.1 Å².